The van der Waals surface area contributed by atoms with E-state index in [2.05, 4.69) is 15.3 Å². The van der Waals surface area contributed by atoms with Crippen LogP contribution in [0.15, 0.2) is 6.07 Å². The average Bonchev–Trinajstić information content (AvgIpc) is 2.28. The highest BCUT2D eigenvalue weighted by molar-refractivity contribution is 5.10. The Balaban J connectivity index is 2.41. The molecule has 0 unspecified atom stereocenters. The normalized spacial score (nSPS) is 10.8. The van der Waals surface area contributed by atoms with Crippen LogP contribution in [-0.2, 0) is 22.4 Å². The molecule has 0 aliphatic carbocycles. The van der Waals surface area contributed by atoms with Crippen LogP contribution in [-0.4, -0.2) is 43.9 Å². The fraction of sp³-hybridized carbons (Fsp3) is 0.667. The van der Waals surface area contributed by atoms with E-state index in [1.807, 2.05) is 20.0 Å². The molecule has 0 amide bonds. The summed E-state index contributed by atoms with van der Waals surface area (Å²) in [6, 6.07) is 1.99. The maximum absolute atomic E-state index is 5.40. The predicted molar refractivity (Wildman–Crippen MR) is 65.9 cm³/mol. The van der Waals surface area contributed by atoms with E-state index in [9.17, 15) is 0 Å². The molecule has 0 atom stereocenters. The van der Waals surface area contributed by atoms with E-state index >= 15 is 0 Å². The molecule has 17 heavy (non-hydrogen) atoms. The second-order valence-corrected chi connectivity index (χ2v) is 3.80. The molecule has 5 heteroatoms. The van der Waals surface area contributed by atoms with E-state index in [-0.39, 0.29) is 0 Å². The zero-order valence-electron chi connectivity index (χ0n) is 10.8. The molecule has 1 rings (SSSR count). The van der Waals surface area contributed by atoms with Crippen molar-refractivity contribution in [2.75, 3.05) is 34.0 Å². The van der Waals surface area contributed by atoms with Crippen LogP contribution in [0.2, 0.25) is 0 Å². The molecule has 0 aliphatic rings. The lowest BCUT2D eigenvalue weighted by Crippen LogP contribution is -2.12. The minimum absolute atomic E-state index is 0.617. The van der Waals surface area contributed by atoms with E-state index in [4.69, 9.17) is 9.47 Å². The van der Waals surface area contributed by atoms with Crippen LogP contribution in [0, 0.1) is 6.92 Å². The lowest BCUT2D eigenvalue weighted by Gasteiger charge is -2.06. The lowest BCUT2D eigenvalue weighted by atomic mass is 10.3. The standard InChI is InChI=1S/C12H21N3O2/c1-10-8-11(9-13-2)15-12(14-10)4-5-17-7-6-16-3/h8,13H,4-7,9H2,1-3H3. The van der Waals surface area contributed by atoms with Gasteiger partial charge >= 0.3 is 0 Å². The van der Waals surface area contributed by atoms with Gasteiger partial charge in [-0.05, 0) is 20.0 Å². The quantitative estimate of drug-likeness (QED) is 0.677. The van der Waals surface area contributed by atoms with Gasteiger partial charge in [-0.3, -0.25) is 0 Å². The number of hydrogen-bond donors (Lipinski definition) is 1. The maximum Gasteiger partial charge on any atom is 0.131 e. The molecule has 96 valence electrons. The van der Waals surface area contributed by atoms with Crippen molar-refractivity contribution in [3.63, 3.8) is 0 Å². The second kappa shape index (κ2) is 8.11. The van der Waals surface area contributed by atoms with Gasteiger partial charge in [-0.1, -0.05) is 0 Å². The van der Waals surface area contributed by atoms with Crippen LogP contribution in [0.5, 0.6) is 0 Å². The van der Waals surface area contributed by atoms with Gasteiger partial charge in [0.25, 0.3) is 0 Å². The third kappa shape index (κ3) is 5.72. The number of hydrogen-bond acceptors (Lipinski definition) is 5. The van der Waals surface area contributed by atoms with E-state index in [0.29, 0.717) is 19.8 Å². The van der Waals surface area contributed by atoms with Crippen molar-refractivity contribution in [2.24, 2.45) is 0 Å². The molecule has 0 fully saturated rings. The molecule has 0 spiro atoms. The third-order valence-electron chi connectivity index (χ3n) is 2.21. The summed E-state index contributed by atoms with van der Waals surface area (Å²) in [7, 11) is 3.57. The number of aromatic nitrogens is 2. The topological polar surface area (TPSA) is 56.3 Å². The summed E-state index contributed by atoms with van der Waals surface area (Å²) < 4.78 is 10.3. The smallest absolute Gasteiger partial charge is 0.131 e. The number of nitrogens with zero attached hydrogens (tertiary/aromatic N) is 2. The van der Waals surface area contributed by atoms with Gasteiger partial charge in [0, 0.05) is 25.8 Å². The Hall–Kier alpha value is -1.04. The summed E-state index contributed by atoms with van der Waals surface area (Å²) in [6.07, 6.45) is 0.738. The Morgan fingerprint density at radius 1 is 1.24 bits per heavy atom. The van der Waals surface area contributed by atoms with Crippen LogP contribution in [0.25, 0.3) is 0 Å². The van der Waals surface area contributed by atoms with Crippen LogP contribution < -0.4 is 5.32 Å². The van der Waals surface area contributed by atoms with Gasteiger partial charge in [-0.2, -0.15) is 0 Å². The van der Waals surface area contributed by atoms with E-state index in [1.54, 1.807) is 7.11 Å². The first-order valence-corrected chi connectivity index (χ1v) is 5.81. The molecule has 0 aliphatic heterocycles. The second-order valence-electron chi connectivity index (χ2n) is 3.80. The molecule has 5 nitrogen and oxygen atoms in total. The first-order valence-electron chi connectivity index (χ1n) is 5.81. The minimum Gasteiger partial charge on any atom is -0.382 e. The molecular weight excluding hydrogens is 218 g/mol. The number of nitrogens with one attached hydrogen (secondary N) is 1. The average molecular weight is 239 g/mol. The summed E-state index contributed by atoms with van der Waals surface area (Å²) >= 11 is 0. The summed E-state index contributed by atoms with van der Waals surface area (Å²) in [5.41, 5.74) is 2.02. The largest absolute Gasteiger partial charge is 0.382 e. The van der Waals surface area contributed by atoms with Crippen molar-refractivity contribution >= 4 is 0 Å². The monoisotopic (exact) mass is 239 g/mol. The molecule has 0 saturated heterocycles. The number of ether oxygens (including phenoxy) is 2. The SMILES string of the molecule is CNCc1cc(C)nc(CCOCCOC)n1. The Kier molecular flexibility index (Phi) is 6.69. The van der Waals surface area contributed by atoms with Gasteiger partial charge in [0.2, 0.25) is 0 Å². The van der Waals surface area contributed by atoms with Crippen LogP contribution >= 0.6 is 0 Å². The molecule has 1 aromatic rings. The molecule has 0 radical (unpaired) electrons. The van der Waals surface area contributed by atoms with Crippen LogP contribution in [0.1, 0.15) is 17.2 Å². The highest BCUT2D eigenvalue weighted by atomic mass is 16.5. The van der Waals surface area contributed by atoms with Crippen molar-refractivity contribution in [3.05, 3.63) is 23.3 Å². The zero-order valence-corrected chi connectivity index (χ0v) is 10.8. The fourth-order valence-electron chi connectivity index (χ4n) is 1.49. The van der Waals surface area contributed by atoms with Gasteiger partial charge < -0.3 is 14.8 Å². The number of methoxy groups -OCH3 is 1. The summed E-state index contributed by atoms with van der Waals surface area (Å²) in [6.45, 7) is 4.62. The molecule has 0 saturated carbocycles. The predicted octanol–water partition coefficient (Wildman–Crippen LogP) is 0.710. The highest BCUT2D eigenvalue weighted by Crippen LogP contribution is 2.01. The van der Waals surface area contributed by atoms with Crippen LogP contribution in [0.4, 0.5) is 0 Å². The number of aryl methyl sites for hydroxylation is 1. The van der Waals surface area contributed by atoms with Crippen LogP contribution in [0.3, 0.4) is 0 Å². The molecule has 1 aromatic heterocycles. The van der Waals surface area contributed by atoms with Gasteiger partial charge in [0.15, 0.2) is 0 Å². The van der Waals surface area contributed by atoms with Gasteiger partial charge in [-0.15, -0.1) is 0 Å². The van der Waals surface area contributed by atoms with E-state index in [0.717, 1.165) is 30.2 Å². The molecule has 0 bridgehead atoms. The first-order chi connectivity index (χ1) is 8.26. The van der Waals surface area contributed by atoms with Crippen molar-refractivity contribution in [2.45, 2.75) is 19.9 Å². The summed E-state index contributed by atoms with van der Waals surface area (Å²) in [5.74, 6) is 0.840. The Morgan fingerprint density at radius 2 is 2.06 bits per heavy atom. The molecule has 1 N–H and O–H groups in total. The fourth-order valence-corrected chi connectivity index (χ4v) is 1.49. The zero-order chi connectivity index (χ0) is 12.5. The Bertz CT molecular complexity index is 332. The van der Waals surface area contributed by atoms with Gasteiger partial charge in [0.05, 0.1) is 25.5 Å². The number of rotatable bonds is 8. The minimum atomic E-state index is 0.617. The van der Waals surface area contributed by atoms with E-state index in [1.165, 1.54) is 0 Å². The van der Waals surface area contributed by atoms with Gasteiger partial charge in [-0.25, -0.2) is 9.97 Å². The van der Waals surface area contributed by atoms with Crippen molar-refractivity contribution in [1.82, 2.24) is 15.3 Å². The van der Waals surface area contributed by atoms with E-state index < -0.39 is 0 Å². The summed E-state index contributed by atoms with van der Waals surface area (Å²) in [4.78, 5) is 8.84. The highest BCUT2D eigenvalue weighted by Gasteiger charge is 2.02. The Morgan fingerprint density at radius 3 is 2.76 bits per heavy atom. The molecule has 0 aromatic carbocycles. The third-order valence-corrected chi connectivity index (χ3v) is 2.21. The Labute approximate surface area is 103 Å². The lowest BCUT2D eigenvalue weighted by molar-refractivity contribution is 0.0716. The molecular formula is C12H21N3O2. The summed E-state index contributed by atoms with van der Waals surface area (Å²) in [5, 5.41) is 3.08. The van der Waals surface area contributed by atoms with Crippen molar-refractivity contribution < 1.29 is 9.47 Å². The molecule has 1 heterocycles. The first kappa shape index (κ1) is 14.0. The van der Waals surface area contributed by atoms with Gasteiger partial charge in [0.1, 0.15) is 5.82 Å². The van der Waals surface area contributed by atoms with Crippen molar-refractivity contribution in [1.29, 1.82) is 0 Å². The van der Waals surface area contributed by atoms with Crippen molar-refractivity contribution in [3.8, 4) is 0 Å². The maximum atomic E-state index is 5.40.